The second kappa shape index (κ2) is 5.99. The van der Waals surface area contributed by atoms with E-state index < -0.39 is 6.04 Å². The zero-order valence-electron chi connectivity index (χ0n) is 11.3. The van der Waals surface area contributed by atoms with Crippen molar-refractivity contribution >= 4 is 11.6 Å². The van der Waals surface area contributed by atoms with Gasteiger partial charge in [0.1, 0.15) is 0 Å². The highest BCUT2D eigenvalue weighted by Gasteiger charge is 2.25. The summed E-state index contributed by atoms with van der Waals surface area (Å²) in [6, 6.07) is 1.32. The van der Waals surface area contributed by atoms with Crippen molar-refractivity contribution in [2.75, 3.05) is 19.8 Å². The fraction of sp³-hybridized carbons (Fsp3) is 0.571. The summed E-state index contributed by atoms with van der Waals surface area (Å²) in [7, 11) is 0. The SMILES string of the molecule is CC(C)c1c(C(N)CO)cc(Cl)c2c1OCCCO2. The molecule has 0 saturated heterocycles. The molecule has 0 radical (unpaired) electrons. The lowest BCUT2D eigenvalue weighted by molar-refractivity contribution is 0.266. The molecule has 1 unspecified atom stereocenters. The highest BCUT2D eigenvalue weighted by atomic mass is 35.5. The molecule has 5 heteroatoms. The Morgan fingerprint density at radius 2 is 1.95 bits per heavy atom. The van der Waals surface area contributed by atoms with Gasteiger partial charge in [-0.25, -0.2) is 0 Å². The van der Waals surface area contributed by atoms with Gasteiger partial charge in [0.2, 0.25) is 0 Å². The number of hydrogen-bond donors (Lipinski definition) is 2. The number of aliphatic hydroxyl groups is 1. The van der Waals surface area contributed by atoms with Crippen LogP contribution in [0.2, 0.25) is 5.02 Å². The molecule has 0 bridgehead atoms. The quantitative estimate of drug-likeness (QED) is 0.896. The summed E-state index contributed by atoms with van der Waals surface area (Å²) in [4.78, 5) is 0. The predicted octanol–water partition coefficient (Wildman–Crippen LogP) is 2.62. The van der Waals surface area contributed by atoms with Crippen LogP contribution in [0.4, 0.5) is 0 Å². The summed E-state index contributed by atoms with van der Waals surface area (Å²) in [5.41, 5.74) is 7.77. The normalized spacial score (nSPS) is 16.3. The van der Waals surface area contributed by atoms with Crippen LogP contribution >= 0.6 is 11.6 Å². The van der Waals surface area contributed by atoms with Gasteiger partial charge in [-0.2, -0.15) is 0 Å². The standard InChI is InChI=1S/C14H20ClNO3/c1-8(2)12-9(11(16)7-17)6-10(15)13-14(12)19-5-3-4-18-13/h6,8,11,17H,3-5,7,16H2,1-2H3. The lowest BCUT2D eigenvalue weighted by atomic mass is 9.91. The van der Waals surface area contributed by atoms with E-state index >= 15 is 0 Å². The molecule has 0 saturated carbocycles. The molecule has 0 amide bonds. The van der Waals surface area contributed by atoms with Crippen LogP contribution in [0.1, 0.15) is 43.4 Å². The first-order valence-corrected chi connectivity index (χ1v) is 6.92. The average molecular weight is 286 g/mol. The van der Waals surface area contributed by atoms with Crippen molar-refractivity contribution in [3.05, 3.63) is 22.2 Å². The van der Waals surface area contributed by atoms with E-state index in [4.69, 9.17) is 26.8 Å². The summed E-state index contributed by atoms with van der Waals surface area (Å²) in [6.45, 7) is 5.18. The molecule has 0 fully saturated rings. The van der Waals surface area contributed by atoms with E-state index in [0.717, 1.165) is 17.5 Å². The maximum absolute atomic E-state index is 9.30. The van der Waals surface area contributed by atoms with Gasteiger partial charge in [0, 0.05) is 12.0 Å². The van der Waals surface area contributed by atoms with Gasteiger partial charge in [0.05, 0.1) is 30.9 Å². The third-order valence-corrected chi connectivity index (χ3v) is 3.50. The van der Waals surface area contributed by atoms with Gasteiger partial charge in [0.25, 0.3) is 0 Å². The van der Waals surface area contributed by atoms with E-state index in [1.807, 2.05) is 0 Å². The zero-order chi connectivity index (χ0) is 14.0. The molecule has 1 aromatic rings. The number of fused-ring (bicyclic) bond motifs is 1. The average Bonchev–Trinajstić information content (AvgIpc) is 2.63. The molecule has 19 heavy (non-hydrogen) atoms. The monoisotopic (exact) mass is 285 g/mol. The van der Waals surface area contributed by atoms with Gasteiger partial charge >= 0.3 is 0 Å². The molecule has 3 N–H and O–H groups in total. The third-order valence-electron chi connectivity index (χ3n) is 3.22. The number of halogens is 1. The van der Waals surface area contributed by atoms with Crippen LogP contribution in [0.15, 0.2) is 6.07 Å². The fourth-order valence-corrected chi connectivity index (χ4v) is 2.59. The number of hydrogen-bond acceptors (Lipinski definition) is 4. The molecule has 1 aliphatic rings. The molecular formula is C14H20ClNO3. The van der Waals surface area contributed by atoms with Crippen molar-refractivity contribution in [3.63, 3.8) is 0 Å². The van der Waals surface area contributed by atoms with Crippen molar-refractivity contribution in [3.8, 4) is 11.5 Å². The van der Waals surface area contributed by atoms with Gasteiger partial charge in [0.15, 0.2) is 11.5 Å². The maximum atomic E-state index is 9.30. The first-order chi connectivity index (χ1) is 9.06. The highest BCUT2D eigenvalue weighted by molar-refractivity contribution is 6.32. The third kappa shape index (κ3) is 2.81. The molecule has 106 valence electrons. The first kappa shape index (κ1) is 14.4. The molecule has 0 aromatic heterocycles. The predicted molar refractivity (Wildman–Crippen MR) is 75.2 cm³/mol. The number of aliphatic hydroxyl groups excluding tert-OH is 1. The smallest absolute Gasteiger partial charge is 0.180 e. The van der Waals surface area contributed by atoms with Crippen molar-refractivity contribution in [2.24, 2.45) is 5.73 Å². The van der Waals surface area contributed by atoms with E-state index in [-0.39, 0.29) is 12.5 Å². The van der Waals surface area contributed by atoms with Crippen molar-refractivity contribution in [1.29, 1.82) is 0 Å². The molecule has 1 heterocycles. The van der Waals surface area contributed by atoms with Crippen LogP contribution in [0.5, 0.6) is 11.5 Å². The van der Waals surface area contributed by atoms with Crippen LogP contribution in [0.3, 0.4) is 0 Å². The molecule has 2 rings (SSSR count). The Hall–Kier alpha value is -0.970. The number of benzene rings is 1. The van der Waals surface area contributed by atoms with Crippen LogP contribution in [0.25, 0.3) is 0 Å². The van der Waals surface area contributed by atoms with Gasteiger partial charge in [-0.05, 0) is 17.5 Å². The molecular weight excluding hydrogens is 266 g/mol. The lowest BCUT2D eigenvalue weighted by Crippen LogP contribution is -2.18. The van der Waals surface area contributed by atoms with E-state index in [9.17, 15) is 5.11 Å². The summed E-state index contributed by atoms with van der Waals surface area (Å²) >= 11 is 6.26. The van der Waals surface area contributed by atoms with E-state index in [1.54, 1.807) is 6.07 Å². The molecule has 1 atom stereocenters. The Morgan fingerprint density at radius 3 is 2.53 bits per heavy atom. The van der Waals surface area contributed by atoms with Crippen molar-refractivity contribution < 1.29 is 14.6 Å². The van der Waals surface area contributed by atoms with Crippen LogP contribution in [-0.4, -0.2) is 24.9 Å². The summed E-state index contributed by atoms with van der Waals surface area (Å²) in [5, 5.41) is 9.79. The number of ether oxygens (including phenoxy) is 2. The Morgan fingerprint density at radius 1 is 1.32 bits per heavy atom. The molecule has 0 spiro atoms. The number of nitrogens with two attached hydrogens (primary N) is 1. The zero-order valence-corrected chi connectivity index (χ0v) is 12.0. The van der Waals surface area contributed by atoms with Crippen LogP contribution in [-0.2, 0) is 0 Å². The van der Waals surface area contributed by atoms with E-state index in [0.29, 0.717) is 29.7 Å². The Kier molecular flexibility index (Phi) is 4.55. The number of rotatable bonds is 3. The van der Waals surface area contributed by atoms with Gasteiger partial charge < -0.3 is 20.3 Å². The summed E-state index contributed by atoms with van der Waals surface area (Å²) in [5.74, 6) is 1.48. The Labute approximate surface area is 118 Å². The Bertz CT molecular complexity index is 462. The van der Waals surface area contributed by atoms with Crippen LogP contribution < -0.4 is 15.2 Å². The second-order valence-corrected chi connectivity index (χ2v) is 5.42. The first-order valence-electron chi connectivity index (χ1n) is 6.54. The minimum absolute atomic E-state index is 0.129. The molecule has 0 aliphatic carbocycles. The van der Waals surface area contributed by atoms with Gasteiger partial charge in [-0.15, -0.1) is 0 Å². The summed E-state index contributed by atoms with van der Waals surface area (Å²) < 4.78 is 11.5. The minimum atomic E-state index is -0.466. The van der Waals surface area contributed by atoms with Gasteiger partial charge in [-0.1, -0.05) is 25.4 Å². The van der Waals surface area contributed by atoms with Crippen LogP contribution in [0, 0.1) is 0 Å². The molecule has 4 nitrogen and oxygen atoms in total. The topological polar surface area (TPSA) is 64.7 Å². The summed E-state index contributed by atoms with van der Waals surface area (Å²) in [6.07, 6.45) is 0.823. The maximum Gasteiger partial charge on any atom is 0.180 e. The molecule has 1 aromatic carbocycles. The van der Waals surface area contributed by atoms with Crippen molar-refractivity contribution in [2.45, 2.75) is 32.2 Å². The largest absolute Gasteiger partial charge is 0.489 e. The minimum Gasteiger partial charge on any atom is -0.489 e. The fourth-order valence-electron chi connectivity index (χ4n) is 2.33. The Balaban J connectivity index is 2.63. The van der Waals surface area contributed by atoms with E-state index in [2.05, 4.69) is 13.8 Å². The van der Waals surface area contributed by atoms with Gasteiger partial charge in [-0.3, -0.25) is 0 Å². The van der Waals surface area contributed by atoms with E-state index in [1.165, 1.54) is 0 Å². The second-order valence-electron chi connectivity index (χ2n) is 5.01. The van der Waals surface area contributed by atoms with Crippen molar-refractivity contribution in [1.82, 2.24) is 0 Å². The lowest BCUT2D eigenvalue weighted by Gasteiger charge is -2.23. The highest BCUT2D eigenvalue weighted by Crippen LogP contribution is 2.45. The molecule has 1 aliphatic heterocycles.